The Kier molecular flexibility index (Phi) is 5.94. The topological polar surface area (TPSA) is 94.0 Å². The van der Waals surface area contributed by atoms with Crippen molar-refractivity contribution < 1.29 is 9.53 Å². The van der Waals surface area contributed by atoms with Crippen LogP contribution in [0.1, 0.15) is 10.4 Å². The smallest absolute Gasteiger partial charge is 0.255 e. The number of nitrogens with one attached hydrogen (secondary N) is 2. The van der Waals surface area contributed by atoms with Crippen molar-refractivity contribution in [1.29, 1.82) is 0 Å². The van der Waals surface area contributed by atoms with Gasteiger partial charge in [-0.25, -0.2) is 4.68 Å². The minimum atomic E-state index is -0.202. The Morgan fingerprint density at radius 3 is 2.15 bits per heavy atom. The third-order valence-corrected chi connectivity index (χ3v) is 4.90. The minimum Gasteiger partial charge on any atom is -0.457 e. The van der Waals surface area contributed by atoms with E-state index in [1.165, 1.54) is 0 Å². The maximum absolute atomic E-state index is 12.6. The molecule has 0 aliphatic carbocycles. The van der Waals surface area contributed by atoms with Crippen LogP contribution in [0.5, 0.6) is 11.5 Å². The fourth-order valence-corrected chi connectivity index (χ4v) is 3.21. The second-order valence-electron chi connectivity index (χ2n) is 7.32. The van der Waals surface area contributed by atoms with E-state index in [0.29, 0.717) is 28.6 Å². The van der Waals surface area contributed by atoms with Gasteiger partial charge < -0.3 is 15.4 Å². The molecule has 0 saturated heterocycles. The lowest BCUT2D eigenvalue weighted by atomic mass is 10.2. The van der Waals surface area contributed by atoms with Gasteiger partial charge in [0.1, 0.15) is 11.5 Å². The highest BCUT2D eigenvalue weighted by Gasteiger charge is 2.07. The summed E-state index contributed by atoms with van der Waals surface area (Å²) in [6.45, 7) is 0. The maximum Gasteiger partial charge on any atom is 0.255 e. The van der Waals surface area contributed by atoms with Gasteiger partial charge in [0.2, 0.25) is 0 Å². The first-order chi connectivity index (χ1) is 16.7. The second-order valence-corrected chi connectivity index (χ2v) is 7.32. The molecule has 3 aromatic carbocycles. The van der Waals surface area contributed by atoms with Gasteiger partial charge in [-0.05, 0) is 78.9 Å². The molecule has 0 atom stereocenters. The standard InChI is InChI=1S/C26H20N6O2/c33-26(19-7-13-23(14-8-19)34-22-5-2-1-3-6-22)29-21-11-9-20(10-12-21)28-24-15-16-25(31-30-24)32-18-4-17-27-32/h1-18H,(H,28,30)(H,29,33). The van der Waals surface area contributed by atoms with Gasteiger partial charge in [0.25, 0.3) is 5.91 Å². The van der Waals surface area contributed by atoms with Crippen LogP contribution >= 0.6 is 0 Å². The molecule has 34 heavy (non-hydrogen) atoms. The van der Waals surface area contributed by atoms with Crippen molar-refractivity contribution in [1.82, 2.24) is 20.0 Å². The van der Waals surface area contributed by atoms with Crippen molar-refractivity contribution in [2.75, 3.05) is 10.6 Å². The minimum absolute atomic E-state index is 0.202. The number of rotatable bonds is 7. The van der Waals surface area contributed by atoms with Gasteiger partial charge in [0, 0.05) is 29.3 Å². The van der Waals surface area contributed by atoms with E-state index >= 15 is 0 Å². The van der Waals surface area contributed by atoms with Gasteiger partial charge in [-0.2, -0.15) is 5.10 Å². The summed E-state index contributed by atoms with van der Waals surface area (Å²) in [6, 6.07) is 29.3. The van der Waals surface area contributed by atoms with Crippen LogP contribution in [-0.2, 0) is 0 Å². The number of carbonyl (C=O) groups is 1. The first kappa shape index (κ1) is 20.9. The van der Waals surface area contributed by atoms with Crippen LogP contribution in [-0.4, -0.2) is 25.9 Å². The summed E-state index contributed by atoms with van der Waals surface area (Å²) in [6.07, 6.45) is 3.49. The zero-order valence-electron chi connectivity index (χ0n) is 18.0. The number of aromatic nitrogens is 4. The van der Waals surface area contributed by atoms with Crippen LogP contribution in [0.15, 0.2) is 109 Å². The molecule has 0 fully saturated rings. The summed E-state index contributed by atoms with van der Waals surface area (Å²) in [5, 5.41) is 18.5. The Balaban J connectivity index is 1.17. The Labute approximate surface area is 195 Å². The van der Waals surface area contributed by atoms with E-state index in [1.807, 2.05) is 72.8 Å². The number of carbonyl (C=O) groups excluding carboxylic acids is 1. The van der Waals surface area contributed by atoms with Gasteiger partial charge in [0.15, 0.2) is 11.6 Å². The van der Waals surface area contributed by atoms with Crippen LogP contribution in [0.2, 0.25) is 0 Å². The Bertz CT molecular complexity index is 1350. The van der Waals surface area contributed by atoms with Crippen molar-refractivity contribution in [2.24, 2.45) is 0 Å². The van der Waals surface area contributed by atoms with Crippen molar-refractivity contribution >= 4 is 23.1 Å². The lowest BCUT2D eigenvalue weighted by molar-refractivity contribution is 0.102. The number of anilines is 3. The highest BCUT2D eigenvalue weighted by atomic mass is 16.5. The van der Waals surface area contributed by atoms with E-state index in [9.17, 15) is 4.79 Å². The third-order valence-electron chi connectivity index (χ3n) is 4.90. The monoisotopic (exact) mass is 448 g/mol. The molecule has 166 valence electrons. The van der Waals surface area contributed by atoms with Crippen molar-refractivity contribution in [3.8, 4) is 17.3 Å². The molecule has 2 heterocycles. The molecule has 8 heteroatoms. The number of hydrogen-bond acceptors (Lipinski definition) is 6. The predicted octanol–water partition coefficient (Wildman–Crippen LogP) is 5.45. The van der Waals surface area contributed by atoms with Gasteiger partial charge in [-0.15, -0.1) is 10.2 Å². The average Bonchev–Trinajstić information content (AvgIpc) is 3.42. The van der Waals surface area contributed by atoms with E-state index in [2.05, 4.69) is 25.9 Å². The SMILES string of the molecule is O=C(Nc1ccc(Nc2ccc(-n3cccn3)nn2)cc1)c1ccc(Oc2ccccc2)cc1. The van der Waals surface area contributed by atoms with Crippen LogP contribution in [0.4, 0.5) is 17.2 Å². The van der Waals surface area contributed by atoms with Crippen LogP contribution in [0.25, 0.3) is 5.82 Å². The normalized spacial score (nSPS) is 10.5. The second kappa shape index (κ2) is 9.66. The lowest BCUT2D eigenvalue weighted by Crippen LogP contribution is -2.11. The molecule has 2 aromatic heterocycles. The third kappa shape index (κ3) is 5.08. The summed E-state index contributed by atoms with van der Waals surface area (Å²) in [4.78, 5) is 12.6. The molecule has 0 aliphatic heterocycles. The van der Waals surface area contributed by atoms with Crippen molar-refractivity contribution in [3.63, 3.8) is 0 Å². The number of ether oxygens (including phenoxy) is 1. The summed E-state index contributed by atoms with van der Waals surface area (Å²) in [5.41, 5.74) is 2.04. The van der Waals surface area contributed by atoms with E-state index in [0.717, 1.165) is 11.4 Å². The maximum atomic E-state index is 12.6. The molecule has 1 amide bonds. The fraction of sp³-hybridized carbons (Fsp3) is 0. The molecular formula is C26H20N6O2. The predicted molar refractivity (Wildman–Crippen MR) is 130 cm³/mol. The van der Waals surface area contributed by atoms with Crippen LogP contribution in [0.3, 0.4) is 0 Å². The highest BCUT2D eigenvalue weighted by molar-refractivity contribution is 6.04. The fourth-order valence-electron chi connectivity index (χ4n) is 3.21. The first-order valence-electron chi connectivity index (χ1n) is 10.6. The molecule has 0 spiro atoms. The molecule has 0 unspecified atom stereocenters. The zero-order valence-corrected chi connectivity index (χ0v) is 18.0. The summed E-state index contributed by atoms with van der Waals surface area (Å²) < 4.78 is 7.40. The van der Waals surface area contributed by atoms with Crippen molar-refractivity contribution in [2.45, 2.75) is 0 Å². The average molecular weight is 448 g/mol. The highest BCUT2D eigenvalue weighted by Crippen LogP contribution is 2.22. The van der Waals surface area contributed by atoms with Gasteiger partial charge in [-0.1, -0.05) is 18.2 Å². The number of amides is 1. The molecule has 0 aliphatic rings. The molecule has 0 radical (unpaired) electrons. The van der Waals surface area contributed by atoms with E-state index in [1.54, 1.807) is 41.3 Å². The zero-order chi connectivity index (χ0) is 23.2. The molecule has 5 rings (SSSR count). The largest absolute Gasteiger partial charge is 0.457 e. The molecule has 0 bridgehead atoms. The molecule has 0 saturated carbocycles. The van der Waals surface area contributed by atoms with Crippen molar-refractivity contribution in [3.05, 3.63) is 115 Å². The number of benzene rings is 3. The molecular weight excluding hydrogens is 428 g/mol. The number of nitrogens with zero attached hydrogens (tertiary/aromatic N) is 4. The summed E-state index contributed by atoms with van der Waals surface area (Å²) in [7, 11) is 0. The summed E-state index contributed by atoms with van der Waals surface area (Å²) in [5.74, 6) is 2.44. The van der Waals surface area contributed by atoms with Gasteiger partial charge >= 0.3 is 0 Å². The number of hydrogen-bond donors (Lipinski definition) is 2. The summed E-state index contributed by atoms with van der Waals surface area (Å²) >= 11 is 0. The van der Waals surface area contributed by atoms with Gasteiger partial charge in [-0.3, -0.25) is 4.79 Å². The Morgan fingerprint density at radius 2 is 1.47 bits per heavy atom. The molecule has 2 N–H and O–H groups in total. The Hall–Kier alpha value is -4.98. The first-order valence-corrected chi connectivity index (χ1v) is 10.6. The van der Waals surface area contributed by atoms with E-state index in [-0.39, 0.29) is 5.91 Å². The molecule has 8 nitrogen and oxygen atoms in total. The Morgan fingerprint density at radius 1 is 0.735 bits per heavy atom. The quantitative estimate of drug-likeness (QED) is 0.344. The number of para-hydroxylation sites is 1. The lowest BCUT2D eigenvalue weighted by Gasteiger charge is -2.09. The molecule has 5 aromatic rings. The van der Waals surface area contributed by atoms with Crippen LogP contribution < -0.4 is 15.4 Å². The van der Waals surface area contributed by atoms with Gasteiger partial charge in [0.05, 0.1) is 0 Å². The van der Waals surface area contributed by atoms with E-state index in [4.69, 9.17) is 4.74 Å². The van der Waals surface area contributed by atoms with E-state index < -0.39 is 0 Å². The van der Waals surface area contributed by atoms with Crippen LogP contribution in [0, 0.1) is 0 Å².